The van der Waals surface area contributed by atoms with Crippen LogP contribution in [-0.4, -0.2) is 53.1 Å². The van der Waals surface area contributed by atoms with Crippen LogP contribution in [0.4, 0.5) is 4.79 Å². The molecule has 0 fully saturated rings. The minimum atomic E-state index is -2.01. The molecule has 0 radical (unpaired) electrons. The van der Waals surface area contributed by atoms with Gasteiger partial charge in [-0.05, 0) is 20.8 Å². The van der Waals surface area contributed by atoms with Gasteiger partial charge in [-0.3, -0.25) is 0 Å². The number of aliphatic carboxylic acids is 1. The van der Waals surface area contributed by atoms with Gasteiger partial charge in [-0.15, -0.1) is 0 Å². The molecule has 0 aliphatic heterocycles. The molecule has 0 unspecified atom stereocenters. The lowest BCUT2D eigenvalue weighted by Crippen LogP contribution is -2.53. The molecule has 0 aromatic carbocycles. The molecular weight excluding hydrogens is 246 g/mol. The van der Waals surface area contributed by atoms with Gasteiger partial charge in [0, 0.05) is 0 Å². The molecule has 8 heteroatoms. The third kappa shape index (κ3) is 5.48. The average molecular weight is 263 g/mol. The largest absolute Gasteiger partial charge is 0.480 e. The van der Waals surface area contributed by atoms with Crippen LogP contribution in [0.2, 0.25) is 0 Å². The number of ether oxygens (including phenoxy) is 2. The highest BCUT2D eigenvalue weighted by Crippen LogP contribution is 2.07. The van der Waals surface area contributed by atoms with Crippen LogP contribution in [0.25, 0.3) is 0 Å². The van der Waals surface area contributed by atoms with E-state index in [9.17, 15) is 19.5 Å². The summed E-state index contributed by atoms with van der Waals surface area (Å²) in [6.07, 6.45) is -3.07. The fraction of sp³-hybridized carbons (Fsp3) is 0.700. The number of carbonyl (C=O) groups excluding carboxylic acids is 2. The van der Waals surface area contributed by atoms with Gasteiger partial charge in [0.15, 0.2) is 12.1 Å². The minimum Gasteiger partial charge on any atom is -0.480 e. The van der Waals surface area contributed by atoms with Crippen LogP contribution in [0, 0.1) is 0 Å². The predicted molar refractivity (Wildman–Crippen MR) is 58.8 cm³/mol. The number of hydrogen-bond donors (Lipinski definition) is 3. The first-order valence-electron chi connectivity index (χ1n) is 5.06. The smallest absolute Gasteiger partial charge is 0.408 e. The van der Waals surface area contributed by atoms with E-state index in [1.54, 1.807) is 20.8 Å². The number of amides is 1. The fourth-order valence-corrected chi connectivity index (χ4v) is 0.967. The van der Waals surface area contributed by atoms with Crippen molar-refractivity contribution < 1.29 is 34.1 Å². The normalized spacial score (nSPS) is 14.3. The molecule has 0 aromatic heterocycles. The molecule has 0 bridgehead atoms. The SMILES string of the molecule is COC(=O)[C@H](O)[C@H](NC(=O)OC(C)(C)C)C(=O)O. The molecule has 0 saturated carbocycles. The Kier molecular flexibility index (Phi) is 5.57. The summed E-state index contributed by atoms with van der Waals surface area (Å²) >= 11 is 0. The van der Waals surface area contributed by atoms with Gasteiger partial charge < -0.3 is 25.0 Å². The Balaban J connectivity index is 4.70. The van der Waals surface area contributed by atoms with Crippen molar-refractivity contribution in [2.75, 3.05) is 7.11 Å². The molecule has 0 spiro atoms. The quantitative estimate of drug-likeness (QED) is 0.584. The van der Waals surface area contributed by atoms with Crippen molar-refractivity contribution in [3.05, 3.63) is 0 Å². The lowest BCUT2D eigenvalue weighted by atomic mass is 10.1. The summed E-state index contributed by atoms with van der Waals surface area (Å²) < 4.78 is 8.99. The number of methoxy groups -OCH3 is 1. The Bertz CT molecular complexity index is 334. The molecule has 104 valence electrons. The van der Waals surface area contributed by atoms with Crippen LogP contribution in [0.1, 0.15) is 20.8 Å². The van der Waals surface area contributed by atoms with Crippen LogP contribution >= 0.6 is 0 Å². The third-order valence-electron chi connectivity index (χ3n) is 1.70. The number of hydrogen-bond acceptors (Lipinski definition) is 6. The standard InChI is InChI=1S/C10H17NO7/c1-10(2,3)18-9(16)11-5(7(13)14)6(12)8(15)17-4/h5-6,12H,1-4H3,(H,11,16)(H,13,14)/t5-,6+/m0/s1. The number of aliphatic hydroxyl groups excluding tert-OH is 1. The van der Waals surface area contributed by atoms with E-state index in [-0.39, 0.29) is 0 Å². The lowest BCUT2D eigenvalue weighted by molar-refractivity contribution is -0.158. The summed E-state index contributed by atoms with van der Waals surface area (Å²) in [5, 5.41) is 20.0. The van der Waals surface area contributed by atoms with E-state index < -0.39 is 35.8 Å². The fourth-order valence-electron chi connectivity index (χ4n) is 0.967. The number of carbonyl (C=O) groups is 3. The van der Waals surface area contributed by atoms with E-state index in [2.05, 4.69) is 4.74 Å². The van der Waals surface area contributed by atoms with Crippen LogP contribution in [0.5, 0.6) is 0 Å². The first-order valence-corrected chi connectivity index (χ1v) is 5.06. The van der Waals surface area contributed by atoms with Crippen molar-refractivity contribution in [2.24, 2.45) is 0 Å². The maximum Gasteiger partial charge on any atom is 0.408 e. The zero-order chi connectivity index (χ0) is 14.5. The van der Waals surface area contributed by atoms with Gasteiger partial charge in [0.2, 0.25) is 0 Å². The Labute approximate surface area is 104 Å². The Morgan fingerprint density at radius 3 is 2.06 bits per heavy atom. The predicted octanol–water partition coefficient (Wildman–Crippen LogP) is -0.502. The number of aliphatic hydroxyl groups is 1. The first-order chi connectivity index (χ1) is 8.08. The summed E-state index contributed by atoms with van der Waals surface area (Å²) in [6.45, 7) is 4.75. The van der Waals surface area contributed by atoms with Crippen molar-refractivity contribution in [3.8, 4) is 0 Å². The highest BCUT2D eigenvalue weighted by atomic mass is 16.6. The number of nitrogens with one attached hydrogen (secondary N) is 1. The molecule has 18 heavy (non-hydrogen) atoms. The lowest BCUT2D eigenvalue weighted by Gasteiger charge is -2.23. The number of carboxylic acid groups (broad SMARTS) is 1. The zero-order valence-corrected chi connectivity index (χ0v) is 10.6. The van der Waals surface area contributed by atoms with Crippen LogP contribution in [-0.2, 0) is 19.1 Å². The van der Waals surface area contributed by atoms with E-state index >= 15 is 0 Å². The van der Waals surface area contributed by atoms with Crippen LogP contribution in [0.3, 0.4) is 0 Å². The number of rotatable bonds is 4. The van der Waals surface area contributed by atoms with E-state index in [0.29, 0.717) is 0 Å². The van der Waals surface area contributed by atoms with Crippen molar-refractivity contribution in [2.45, 2.75) is 38.5 Å². The molecular formula is C10H17NO7. The Morgan fingerprint density at radius 1 is 1.22 bits per heavy atom. The van der Waals surface area contributed by atoms with Crippen molar-refractivity contribution in [1.82, 2.24) is 5.32 Å². The molecule has 1 amide bonds. The zero-order valence-electron chi connectivity index (χ0n) is 10.6. The highest BCUT2D eigenvalue weighted by Gasteiger charge is 2.35. The molecule has 8 nitrogen and oxygen atoms in total. The highest BCUT2D eigenvalue weighted by molar-refractivity contribution is 5.88. The second-order valence-corrected chi connectivity index (χ2v) is 4.43. The molecule has 0 saturated heterocycles. The number of carboxylic acids is 1. The van der Waals surface area contributed by atoms with Crippen molar-refractivity contribution >= 4 is 18.0 Å². The van der Waals surface area contributed by atoms with Gasteiger partial charge in [-0.25, -0.2) is 14.4 Å². The van der Waals surface area contributed by atoms with Crippen LogP contribution < -0.4 is 5.32 Å². The number of esters is 1. The summed E-state index contributed by atoms with van der Waals surface area (Å²) in [4.78, 5) is 33.2. The molecule has 2 atom stereocenters. The second kappa shape index (κ2) is 6.20. The Hall–Kier alpha value is -1.83. The summed E-state index contributed by atoms with van der Waals surface area (Å²) in [6, 6.07) is -1.84. The van der Waals surface area contributed by atoms with Gasteiger partial charge in [0.25, 0.3) is 0 Å². The van der Waals surface area contributed by atoms with Crippen molar-refractivity contribution in [3.63, 3.8) is 0 Å². The van der Waals surface area contributed by atoms with E-state index in [1.165, 1.54) is 0 Å². The maximum absolute atomic E-state index is 11.3. The third-order valence-corrected chi connectivity index (χ3v) is 1.70. The molecule has 0 rings (SSSR count). The van der Waals surface area contributed by atoms with Gasteiger partial charge in [0.05, 0.1) is 7.11 Å². The average Bonchev–Trinajstić information content (AvgIpc) is 2.20. The summed E-state index contributed by atoms with van der Waals surface area (Å²) in [7, 11) is 0.984. The van der Waals surface area contributed by atoms with Gasteiger partial charge >= 0.3 is 18.0 Å². The van der Waals surface area contributed by atoms with Gasteiger partial charge in [-0.2, -0.15) is 0 Å². The van der Waals surface area contributed by atoms with E-state index in [4.69, 9.17) is 9.84 Å². The molecule has 0 aliphatic carbocycles. The molecule has 0 aromatic rings. The minimum absolute atomic E-state index is 0.830. The first kappa shape index (κ1) is 16.2. The number of alkyl carbamates (subject to hydrolysis) is 1. The summed E-state index contributed by atoms with van der Waals surface area (Å²) in [5.74, 6) is -2.75. The van der Waals surface area contributed by atoms with E-state index in [0.717, 1.165) is 7.11 Å². The molecule has 3 N–H and O–H groups in total. The van der Waals surface area contributed by atoms with Gasteiger partial charge in [-0.1, -0.05) is 0 Å². The molecule has 0 heterocycles. The summed E-state index contributed by atoms with van der Waals surface area (Å²) in [5.41, 5.74) is -0.830. The second-order valence-electron chi connectivity index (χ2n) is 4.43. The molecule has 0 aliphatic rings. The topological polar surface area (TPSA) is 122 Å². The van der Waals surface area contributed by atoms with Crippen molar-refractivity contribution in [1.29, 1.82) is 0 Å². The van der Waals surface area contributed by atoms with Crippen LogP contribution in [0.15, 0.2) is 0 Å². The maximum atomic E-state index is 11.3. The Morgan fingerprint density at radius 2 is 1.72 bits per heavy atom. The van der Waals surface area contributed by atoms with E-state index in [1.807, 2.05) is 5.32 Å². The monoisotopic (exact) mass is 263 g/mol. The van der Waals surface area contributed by atoms with Gasteiger partial charge in [0.1, 0.15) is 5.60 Å².